The summed E-state index contributed by atoms with van der Waals surface area (Å²) in [5, 5.41) is 6.84. The number of halogens is 3. The minimum absolute atomic E-state index is 0.0237. The molecule has 2 aromatic carbocycles. The van der Waals surface area contributed by atoms with Crippen LogP contribution in [0, 0.1) is 5.82 Å². The number of rotatable bonds is 10. The molecule has 2 aromatic rings. The van der Waals surface area contributed by atoms with Gasteiger partial charge in [0.25, 0.3) is 0 Å². The molecule has 0 unspecified atom stereocenters. The fourth-order valence-corrected chi connectivity index (χ4v) is 3.10. The molecule has 7 heteroatoms. The van der Waals surface area contributed by atoms with Gasteiger partial charge in [0, 0.05) is 16.6 Å². The third kappa shape index (κ3) is 5.84. The van der Waals surface area contributed by atoms with E-state index < -0.39 is 5.82 Å². The minimum atomic E-state index is -0.391. The van der Waals surface area contributed by atoms with Gasteiger partial charge in [-0.3, -0.25) is 0 Å². The van der Waals surface area contributed by atoms with Crippen molar-refractivity contribution < 1.29 is 13.9 Å². The van der Waals surface area contributed by atoms with E-state index >= 15 is 0 Å². The fraction of sp³-hybridized carbons (Fsp3) is 0.368. The normalized spacial score (nSPS) is 10.8. The summed E-state index contributed by atoms with van der Waals surface area (Å²) in [6, 6.07) is 8.31. The molecule has 4 nitrogen and oxygen atoms in total. The quantitative estimate of drug-likeness (QED) is 0.527. The largest absolute Gasteiger partial charge is 0.493 e. The zero-order valence-corrected chi connectivity index (χ0v) is 17.2. The van der Waals surface area contributed by atoms with Crippen molar-refractivity contribution in [2.45, 2.75) is 19.6 Å². The summed E-state index contributed by atoms with van der Waals surface area (Å²) in [6.07, 6.45) is 1.05. The van der Waals surface area contributed by atoms with E-state index in [-0.39, 0.29) is 6.61 Å². The monoisotopic (exact) mass is 444 g/mol. The SMILES string of the molecule is CNCCCNCc1cc(OC)c(OCc2c(F)cccc2Cl)cc1Br. The summed E-state index contributed by atoms with van der Waals surface area (Å²) in [7, 11) is 3.52. The highest BCUT2D eigenvalue weighted by atomic mass is 79.9. The third-order valence-electron chi connectivity index (χ3n) is 3.86. The van der Waals surface area contributed by atoms with Crippen LogP contribution in [0.3, 0.4) is 0 Å². The molecular formula is C19H23BrClFN2O2. The Labute approximate surface area is 167 Å². The summed E-state index contributed by atoms with van der Waals surface area (Å²) in [6.45, 7) is 2.62. The van der Waals surface area contributed by atoms with Gasteiger partial charge in [0.05, 0.1) is 12.1 Å². The zero-order chi connectivity index (χ0) is 18.9. The molecule has 0 saturated heterocycles. The summed E-state index contributed by atoms with van der Waals surface area (Å²) in [5.41, 5.74) is 1.38. The molecule has 142 valence electrons. The molecule has 0 bridgehead atoms. The van der Waals surface area contributed by atoms with Gasteiger partial charge in [0.2, 0.25) is 0 Å². The van der Waals surface area contributed by atoms with Crippen molar-refractivity contribution in [2.75, 3.05) is 27.2 Å². The molecule has 2 N–H and O–H groups in total. The van der Waals surface area contributed by atoms with Gasteiger partial charge in [0.15, 0.2) is 11.5 Å². The first-order valence-electron chi connectivity index (χ1n) is 8.34. The Morgan fingerprint density at radius 2 is 2.00 bits per heavy atom. The Morgan fingerprint density at radius 3 is 2.69 bits per heavy atom. The number of hydrogen-bond donors (Lipinski definition) is 2. The number of hydrogen-bond acceptors (Lipinski definition) is 4. The number of nitrogens with one attached hydrogen (secondary N) is 2. The Bertz CT molecular complexity index is 711. The lowest BCUT2D eigenvalue weighted by molar-refractivity contribution is 0.279. The van der Waals surface area contributed by atoms with Crippen molar-refractivity contribution in [3.05, 3.63) is 56.8 Å². The van der Waals surface area contributed by atoms with E-state index in [4.69, 9.17) is 21.1 Å². The molecule has 26 heavy (non-hydrogen) atoms. The van der Waals surface area contributed by atoms with Crippen molar-refractivity contribution in [1.82, 2.24) is 10.6 Å². The first-order valence-corrected chi connectivity index (χ1v) is 9.51. The van der Waals surface area contributed by atoms with Gasteiger partial charge in [-0.1, -0.05) is 33.6 Å². The first-order chi connectivity index (χ1) is 12.6. The average molecular weight is 446 g/mol. The lowest BCUT2D eigenvalue weighted by Gasteiger charge is -2.15. The summed E-state index contributed by atoms with van der Waals surface area (Å²) in [5.74, 6) is 0.725. The van der Waals surface area contributed by atoms with E-state index in [1.54, 1.807) is 19.2 Å². The van der Waals surface area contributed by atoms with Gasteiger partial charge < -0.3 is 20.1 Å². The second-order valence-corrected chi connectivity index (χ2v) is 6.98. The van der Waals surface area contributed by atoms with Crippen LogP contribution in [0.15, 0.2) is 34.8 Å². The highest BCUT2D eigenvalue weighted by molar-refractivity contribution is 9.10. The smallest absolute Gasteiger partial charge is 0.162 e. The van der Waals surface area contributed by atoms with Crippen LogP contribution in [0.5, 0.6) is 11.5 Å². The number of ether oxygens (including phenoxy) is 2. The van der Waals surface area contributed by atoms with Crippen LogP contribution >= 0.6 is 27.5 Å². The van der Waals surface area contributed by atoms with Crippen LogP contribution in [0.1, 0.15) is 17.5 Å². The van der Waals surface area contributed by atoms with E-state index in [1.807, 2.05) is 19.2 Å². The van der Waals surface area contributed by atoms with Crippen LogP contribution in [-0.4, -0.2) is 27.2 Å². The molecule has 0 aliphatic carbocycles. The van der Waals surface area contributed by atoms with Crippen LogP contribution in [-0.2, 0) is 13.2 Å². The number of methoxy groups -OCH3 is 1. The molecule has 0 aliphatic heterocycles. The van der Waals surface area contributed by atoms with Gasteiger partial charge in [-0.2, -0.15) is 0 Å². The molecule has 0 spiro atoms. The third-order valence-corrected chi connectivity index (χ3v) is 4.95. The summed E-state index contributed by atoms with van der Waals surface area (Å²) >= 11 is 9.61. The summed E-state index contributed by atoms with van der Waals surface area (Å²) < 4.78 is 26.0. The van der Waals surface area contributed by atoms with Gasteiger partial charge >= 0.3 is 0 Å². The molecule has 2 rings (SSSR count). The van der Waals surface area contributed by atoms with Crippen LogP contribution < -0.4 is 20.1 Å². The highest BCUT2D eigenvalue weighted by Crippen LogP contribution is 2.34. The molecule has 0 atom stereocenters. The van der Waals surface area contributed by atoms with E-state index in [0.717, 1.165) is 29.5 Å². The number of benzene rings is 2. The maximum atomic E-state index is 13.9. The first kappa shape index (κ1) is 21.0. The van der Waals surface area contributed by atoms with Crippen molar-refractivity contribution in [1.29, 1.82) is 0 Å². The summed E-state index contributed by atoms with van der Waals surface area (Å²) in [4.78, 5) is 0. The van der Waals surface area contributed by atoms with Crippen LogP contribution in [0.25, 0.3) is 0 Å². The van der Waals surface area contributed by atoms with E-state index in [9.17, 15) is 4.39 Å². The molecule has 0 saturated carbocycles. The highest BCUT2D eigenvalue weighted by Gasteiger charge is 2.13. The molecule has 0 aliphatic rings. The topological polar surface area (TPSA) is 42.5 Å². The van der Waals surface area contributed by atoms with E-state index in [1.165, 1.54) is 6.07 Å². The fourth-order valence-electron chi connectivity index (χ4n) is 2.42. The second kappa shape index (κ2) is 10.7. The van der Waals surface area contributed by atoms with Gasteiger partial charge in [-0.05, 0) is 56.4 Å². The van der Waals surface area contributed by atoms with Crippen molar-refractivity contribution >= 4 is 27.5 Å². The van der Waals surface area contributed by atoms with Gasteiger partial charge in [-0.15, -0.1) is 0 Å². The van der Waals surface area contributed by atoms with Gasteiger partial charge in [-0.25, -0.2) is 4.39 Å². The van der Waals surface area contributed by atoms with Gasteiger partial charge in [0.1, 0.15) is 12.4 Å². The van der Waals surface area contributed by atoms with E-state index in [2.05, 4.69) is 26.6 Å². The lowest BCUT2D eigenvalue weighted by atomic mass is 10.2. The molecule has 0 heterocycles. The zero-order valence-electron chi connectivity index (χ0n) is 14.9. The average Bonchev–Trinajstić information content (AvgIpc) is 2.62. The standard InChI is InChI=1S/C19H23BrClFN2O2/c1-23-7-4-8-24-11-13-9-18(25-2)19(10-15(13)20)26-12-14-16(21)5-3-6-17(14)22/h3,5-6,9-10,23-24H,4,7-8,11-12H2,1-2H3. The molecule has 0 fully saturated rings. The van der Waals surface area contributed by atoms with Crippen molar-refractivity contribution in [3.8, 4) is 11.5 Å². The molecule has 0 radical (unpaired) electrons. The maximum Gasteiger partial charge on any atom is 0.162 e. The predicted molar refractivity (Wildman–Crippen MR) is 107 cm³/mol. The Balaban J connectivity index is 2.06. The predicted octanol–water partition coefficient (Wildman–Crippen LogP) is 4.53. The molecule has 0 aromatic heterocycles. The van der Waals surface area contributed by atoms with Crippen molar-refractivity contribution in [3.63, 3.8) is 0 Å². The maximum absolute atomic E-state index is 13.9. The minimum Gasteiger partial charge on any atom is -0.493 e. The van der Waals surface area contributed by atoms with E-state index in [0.29, 0.717) is 28.6 Å². The van der Waals surface area contributed by atoms with Crippen LogP contribution in [0.4, 0.5) is 4.39 Å². The van der Waals surface area contributed by atoms with Crippen molar-refractivity contribution in [2.24, 2.45) is 0 Å². The lowest BCUT2D eigenvalue weighted by Crippen LogP contribution is -2.19. The Kier molecular flexibility index (Phi) is 8.65. The molecule has 0 amide bonds. The Morgan fingerprint density at radius 1 is 1.19 bits per heavy atom. The van der Waals surface area contributed by atoms with Crippen LogP contribution in [0.2, 0.25) is 5.02 Å². The molecular weight excluding hydrogens is 423 g/mol. The Hall–Kier alpha value is -1.34. The second-order valence-electron chi connectivity index (χ2n) is 5.72.